The van der Waals surface area contributed by atoms with Crippen molar-refractivity contribution in [1.82, 2.24) is 25.0 Å². The minimum atomic E-state index is -0.0115. The van der Waals surface area contributed by atoms with E-state index in [0.29, 0.717) is 29.4 Å². The lowest BCUT2D eigenvalue weighted by Crippen LogP contribution is -2.47. The van der Waals surface area contributed by atoms with Gasteiger partial charge in [0.1, 0.15) is 0 Å². The van der Waals surface area contributed by atoms with Gasteiger partial charge in [0, 0.05) is 19.1 Å². The van der Waals surface area contributed by atoms with Gasteiger partial charge in [-0.05, 0) is 50.5 Å². The number of aromatic amines is 1. The average molecular weight is 416 g/mol. The Morgan fingerprint density at radius 2 is 2.00 bits per heavy atom. The smallest absolute Gasteiger partial charge is 0.258 e. The fourth-order valence-electron chi connectivity index (χ4n) is 4.15. The van der Waals surface area contributed by atoms with Crippen LogP contribution in [0.4, 0.5) is 5.95 Å². The largest absolute Gasteiger partial charge is 0.354 e. The van der Waals surface area contributed by atoms with E-state index in [0.717, 1.165) is 42.8 Å². The third-order valence-electron chi connectivity index (χ3n) is 5.70. The lowest BCUT2D eigenvalue weighted by Gasteiger charge is -2.36. The van der Waals surface area contributed by atoms with Gasteiger partial charge < -0.3 is 19.7 Å². The maximum Gasteiger partial charge on any atom is 0.258 e. The van der Waals surface area contributed by atoms with Crippen LogP contribution in [-0.4, -0.2) is 50.0 Å². The fraction of sp³-hybridized carbons (Fsp3) is 0.304. The number of imidazole rings is 1. The molecule has 1 aliphatic rings. The summed E-state index contributed by atoms with van der Waals surface area (Å²) in [7, 11) is 0. The number of rotatable bonds is 5. The highest BCUT2D eigenvalue weighted by molar-refractivity contribution is 6.00. The van der Waals surface area contributed by atoms with Crippen molar-refractivity contribution in [3.63, 3.8) is 0 Å². The van der Waals surface area contributed by atoms with Crippen LogP contribution in [0.25, 0.3) is 22.5 Å². The Morgan fingerprint density at radius 3 is 2.84 bits per heavy atom. The van der Waals surface area contributed by atoms with Crippen LogP contribution < -0.4 is 5.32 Å². The number of likely N-dealkylation sites (tertiary alicyclic amines) is 1. The minimum Gasteiger partial charge on any atom is -0.354 e. The molecule has 8 heteroatoms. The maximum atomic E-state index is 13.5. The van der Waals surface area contributed by atoms with E-state index in [2.05, 4.69) is 25.4 Å². The maximum absolute atomic E-state index is 13.5. The Labute approximate surface area is 179 Å². The number of aromatic nitrogens is 4. The summed E-state index contributed by atoms with van der Waals surface area (Å²) in [5.41, 5.74) is 3.17. The number of fused-ring (bicyclic) bond motifs is 1. The number of nitrogens with zero attached hydrogens (tertiary/aromatic N) is 4. The van der Waals surface area contributed by atoms with Gasteiger partial charge in [0.2, 0.25) is 5.95 Å². The molecule has 2 aromatic heterocycles. The third kappa shape index (κ3) is 3.88. The van der Waals surface area contributed by atoms with E-state index in [-0.39, 0.29) is 11.9 Å². The van der Waals surface area contributed by atoms with E-state index in [1.165, 1.54) is 0 Å². The average Bonchev–Trinajstić information content (AvgIpc) is 3.43. The van der Waals surface area contributed by atoms with Crippen LogP contribution in [0, 0.1) is 6.92 Å². The first kappa shape index (κ1) is 19.3. The zero-order chi connectivity index (χ0) is 21.2. The first-order valence-electron chi connectivity index (χ1n) is 10.6. The number of carbonyl (C=O) groups is 1. The predicted octanol–water partition coefficient (Wildman–Crippen LogP) is 4.03. The molecular formula is C23H24N6O2. The molecule has 1 atom stereocenters. The molecule has 0 saturated carbocycles. The van der Waals surface area contributed by atoms with Crippen LogP contribution in [0.5, 0.6) is 0 Å². The number of amides is 1. The zero-order valence-electron chi connectivity index (χ0n) is 17.3. The van der Waals surface area contributed by atoms with E-state index in [1.807, 2.05) is 53.4 Å². The van der Waals surface area contributed by atoms with Crippen LogP contribution in [0.2, 0.25) is 0 Å². The molecule has 0 bridgehead atoms. The normalized spacial score (nSPS) is 16.5. The number of carbonyl (C=O) groups excluding carboxylic acids is 1. The number of benzene rings is 2. The van der Waals surface area contributed by atoms with E-state index in [1.54, 1.807) is 6.92 Å². The summed E-state index contributed by atoms with van der Waals surface area (Å²) < 4.78 is 5.33. The molecule has 158 valence electrons. The summed E-state index contributed by atoms with van der Waals surface area (Å²) in [6.07, 6.45) is 3.04. The number of anilines is 1. The van der Waals surface area contributed by atoms with Crippen molar-refractivity contribution in [3.05, 3.63) is 59.9 Å². The lowest BCUT2D eigenvalue weighted by molar-refractivity contribution is 0.0628. The minimum absolute atomic E-state index is 0.0115. The molecule has 5 rings (SSSR count). The molecule has 31 heavy (non-hydrogen) atoms. The Morgan fingerprint density at radius 1 is 1.16 bits per heavy atom. The first-order chi connectivity index (χ1) is 15.2. The van der Waals surface area contributed by atoms with Gasteiger partial charge in [-0.25, -0.2) is 4.98 Å². The summed E-state index contributed by atoms with van der Waals surface area (Å²) in [5, 5.41) is 7.26. The first-order valence-corrected chi connectivity index (χ1v) is 10.6. The molecule has 0 radical (unpaired) electrons. The van der Waals surface area contributed by atoms with Gasteiger partial charge in [0.15, 0.2) is 5.82 Å². The molecule has 1 amide bonds. The molecular weight excluding hydrogens is 392 g/mol. The third-order valence-corrected chi connectivity index (χ3v) is 5.70. The molecule has 2 aromatic carbocycles. The summed E-state index contributed by atoms with van der Waals surface area (Å²) in [4.78, 5) is 27.7. The van der Waals surface area contributed by atoms with Gasteiger partial charge in [0.05, 0.1) is 22.2 Å². The number of hydrogen-bond donors (Lipinski definition) is 2. The van der Waals surface area contributed by atoms with Gasteiger partial charge in [-0.2, -0.15) is 4.98 Å². The predicted molar refractivity (Wildman–Crippen MR) is 118 cm³/mol. The summed E-state index contributed by atoms with van der Waals surface area (Å²) in [6.45, 7) is 3.12. The van der Waals surface area contributed by atoms with Crippen molar-refractivity contribution in [1.29, 1.82) is 0 Å². The Balaban J connectivity index is 1.36. The standard InChI is InChI=1S/C23H24N6O2/c1-15-25-21(31-28-15)17-9-2-3-10-18(17)22(30)29-13-7-6-8-16(29)14-24-23-26-19-11-4-5-12-20(19)27-23/h2-5,9-12,16H,6-8,13-14H2,1H3,(H2,24,26,27). The van der Waals surface area contributed by atoms with Crippen molar-refractivity contribution in [3.8, 4) is 11.5 Å². The second-order valence-electron chi connectivity index (χ2n) is 7.82. The number of para-hydroxylation sites is 2. The van der Waals surface area contributed by atoms with Gasteiger partial charge in [-0.3, -0.25) is 4.79 Å². The Kier molecular flexibility index (Phi) is 5.11. The van der Waals surface area contributed by atoms with E-state index in [4.69, 9.17) is 4.52 Å². The van der Waals surface area contributed by atoms with Crippen molar-refractivity contribution >= 4 is 22.9 Å². The number of hydrogen-bond acceptors (Lipinski definition) is 6. The van der Waals surface area contributed by atoms with Crippen LogP contribution >= 0.6 is 0 Å². The molecule has 1 fully saturated rings. The molecule has 3 heterocycles. The van der Waals surface area contributed by atoms with E-state index < -0.39 is 0 Å². The zero-order valence-corrected chi connectivity index (χ0v) is 17.3. The summed E-state index contributed by atoms with van der Waals surface area (Å²) in [5.74, 6) is 1.63. The SMILES string of the molecule is Cc1noc(-c2ccccc2C(=O)N2CCCCC2CNc2nc3ccccc3[nH]2)n1. The van der Waals surface area contributed by atoms with Crippen LogP contribution in [0.1, 0.15) is 35.4 Å². The molecule has 1 unspecified atom stereocenters. The van der Waals surface area contributed by atoms with Gasteiger partial charge in [-0.15, -0.1) is 0 Å². The number of H-pyrrole nitrogens is 1. The van der Waals surface area contributed by atoms with Crippen LogP contribution in [0.15, 0.2) is 53.1 Å². The molecule has 2 N–H and O–H groups in total. The van der Waals surface area contributed by atoms with E-state index in [9.17, 15) is 4.79 Å². The highest BCUT2D eigenvalue weighted by atomic mass is 16.5. The summed E-state index contributed by atoms with van der Waals surface area (Å²) in [6, 6.07) is 15.4. The summed E-state index contributed by atoms with van der Waals surface area (Å²) >= 11 is 0. The number of nitrogens with one attached hydrogen (secondary N) is 2. The van der Waals surface area contributed by atoms with E-state index >= 15 is 0 Å². The fourth-order valence-corrected chi connectivity index (χ4v) is 4.15. The topological polar surface area (TPSA) is 99.9 Å². The van der Waals surface area contributed by atoms with Gasteiger partial charge in [0.25, 0.3) is 11.8 Å². The van der Waals surface area contributed by atoms with Crippen molar-refractivity contribution < 1.29 is 9.32 Å². The highest BCUT2D eigenvalue weighted by Gasteiger charge is 2.29. The monoisotopic (exact) mass is 416 g/mol. The quantitative estimate of drug-likeness (QED) is 0.510. The molecule has 1 aliphatic heterocycles. The van der Waals surface area contributed by atoms with Crippen molar-refractivity contribution in [2.24, 2.45) is 0 Å². The molecule has 4 aromatic rings. The number of aryl methyl sites for hydroxylation is 1. The van der Waals surface area contributed by atoms with Gasteiger partial charge >= 0.3 is 0 Å². The molecule has 1 saturated heterocycles. The molecule has 0 spiro atoms. The number of piperidine rings is 1. The second-order valence-corrected chi connectivity index (χ2v) is 7.82. The molecule has 8 nitrogen and oxygen atoms in total. The second kappa shape index (κ2) is 8.22. The van der Waals surface area contributed by atoms with Crippen LogP contribution in [0.3, 0.4) is 0 Å². The van der Waals surface area contributed by atoms with Crippen molar-refractivity contribution in [2.45, 2.75) is 32.2 Å². The molecule has 0 aliphatic carbocycles. The Bertz CT molecular complexity index is 1180. The highest BCUT2D eigenvalue weighted by Crippen LogP contribution is 2.27. The van der Waals surface area contributed by atoms with Crippen LogP contribution in [-0.2, 0) is 0 Å². The van der Waals surface area contributed by atoms with Gasteiger partial charge in [-0.1, -0.05) is 29.4 Å². The van der Waals surface area contributed by atoms with Crippen molar-refractivity contribution in [2.75, 3.05) is 18.4 Å². The Hall–Kier alpha value is -3.68. The lowest BCUT2D eigenvalue weighted by atomic mass is 9.99.